The van der Waals surface area contributed by atoms with E-state index in [9.17, 15) is 24.5 Å². The molecule has 1 fully saturated rings. The number of nitrogens with one attached hydrogen (secondary N) is 1. The molecule has 2 aromatic rings. The SMILES string of the molecule is CC(OC(=O)c1ccc(CN2CCCC2=O)cc1)C(=O)Nc1cc([N+](=O)[O-])ccc1Cl. The Morgan fingerprint density at radius 1 is 1.26 bits per heavy atom. The maximum absolute atomic E-state index is 12.3. The van der Waals surface area contributed by atoms with Crippen LogP contribution in [0.3, 0.4) is 0 Å². The van der Waals surface area contributed by atoms with Crippen molar-refractivity contribution in [2.24, 2.45) is 0 Å². The first-order valence-corrected chi connectivity index (χ1v) is 9.95. The molecule has 162 valence electrons. The number of carbonyl (C=O) groups excluding carboxylic acids is 3. The Balaban J connectivity index is 1.58. The fraction of sp³-hybridized carbons (Fsp3) is 0.286. The molecule has 0 bridgehead atoms. The number of hydrogen-bond acceptors (Lipinski definition) is 6. The summed E-state index contributed by atoms with van der Waals surface area (Å²) in [5, 5.41) is 13.4. The van der Waals surface area contributed by atoms with Crippen LogP contribution in [0.25, 0.3) is 0 Å². The van der Waals surface area contributed by atoms with Gasteiger partial charge < -0.3 is 15.0 Å². The number of nitro groups is 1. The quantitative estimate of drug-likeness (QED) is 0.395. The molecule has 31 heavy (non-hydrogen) atoms. The minimum Gasteiger partial charge on any atom is -0.449 e. The summed E-state index contributed by atoms with van der Waals surface area (Å²) in [6.45, 7) is 2.59. The highest BCUT2D eigenvalue weighted by Crippen LogP contribution is 2.27. The molecule has 1 N–H and O–H groups in total. The normalized spacial score (nSPS) is 14.3. The van der Waals surface area contributed by atoms with Crippen molar-refractivity contribution in [3.8, 4) is 0 Å². The van der Waals surface area contributed by atoms with Gasteiger partial charge in [0.1, 0.15) is 0 Å². The van der Waals surface area contributed by atoms with Crippen molar-refractivity contribution in [1.29, 1.82) is 0 Å². The van der Waals surface area contributed by atoms with Gasteiger partial charge in [0.2, 0.25) is 5.91 Å². The van der Waals surface area contributed by atoms with Crippen LogP contribution in [0, 0.1) is 10.1 Å². The predicted molar refractivity (Wildman–Crippen MR) is 113 cm³/mol. The minimum atomic E-state index is -1.16. The fourth-order valence-corrected chi connectivity index (χ4v) is 3.24. The molecule has 0 spiro atoms. The number of benzene rings is 2. The van der Waals surface area contributed by atoms with Crippen molar-refractivity contribution in [3.05, 3.63) is 68.7 Å². The number of hydrogen-bond donors (Lipinski definition) is 1. The summed E-state index contributed by atoms with van der Waals surface area (Å²) < 4.78 is 5.19. The van der Waals surface area contributed by atoms with Gasteiger partial charge in [0.25, 0.3) is 11.6 Å². The van der Waals surface area contributed by atoms with E-state index < -0.39 is 22.9 Å². The second kappa shape index (κ2) is 9.57. The zero-order chi connectivity index (χ0) is 22.5. The lowest BCUT2D eigenvalue weighted by molar-refractivity contribution is -0.384. The number of carbonyl (C=O) groups is 3. The van der Waals surface area contributed by atoms with Crippen LogP contribution in [0.4, 0.5) is 11.4 Å². The van der Waals surface area contributed by atoms with Crippen molar-refractivity contribution in [2.45, 2.75) is 32.4 Å². The van der Waals surface area contributed by atoms with Crippen LogP contribution in [-0.2, 0) is 20.9 Å². The summed E-state index contributed by atoms with van der Waals surface area (Å²) in [6.07, 6.45) is 0.251. The van der Waals surface area contributed by atoms with Gasteiger partial charge in [0.15, 0.2) is 6.10 Å². The third-order valence-electron chi connectivity index (χ3n) is 4.81. The van der Waals surface area contributed by atoms with E-state index in [1.54, 1.807) is 29.2 Å². The van der Waals surface area contributed by atoms with Gasteiger partial charge in [-0.15, -0.1) is 0 Å². The number of likely N-dealkylation sites (tertiary alicyclic amines) is 1. The monoisotopic (exact) mass is 445 g/mol. The smallest absolute Gasteiger partial charge is 0.338 e. The molecule has 1 aliphatic heterocycles. The van der Waals surface area contributed by atoms with E-state index in [1.807, 2.05) is 0 Å². The van der Waals surface area contributed by atoms with E-state index in [4.69, 9.17) is 16.3 Å². The molecule has 1 saturated heterocycles. The zero-order valence-corrected chi connectivity index (χ0v) is 17.4. The fourth-order valence-electron chi connectivity index (χ4n) is 3.08. The average Bonchev–Trinajstić information content (AvgIpc) is 3.14. The first kappa shape index (κ1) is 22.2. The maximum Gasteiger partial charge on any atom is 0.338 e. The lowest BCUT2D eigenvalue weighted by Gasteiger charge is -2.16. The van der Waals surface area contributed by atoms with Gasteiger partial charge >= 0.3 is 5.97 Å². The Labute approximate surface area is 183 Å². The molecule has 10 heteroatoms. The molecule has 1 aliphatic rings. The Morgan fingerprint density at radius 3 is 2.58 bits per heavy atom. The number of halogens is 1. The van der Waals surface area contributed by atoms with E-state index in [0.29, 0.717) is 13.0 Å². The first-order chi connectivity index (χ1) is 14.7. The number of nitrogens with zero attached hydrogens (tertiary/aromatic N) is 2. The Morgan fingerprint density at radius 2 is 1.97 bits per heavy atom. The number of rotatable bonds is 7. The van der Waals surface area contributed by atoms with Crippen LogP contribution in [-0.4, -0.2) is 40.3 Å². The lowest BCUT2D eigenvalue weighted by Crippen LogP contribution is -2.30. The van der Waals surface area contributed by atoms with Crippen LogP contribution in [0.2, 0.25) is 5.02 Å². The molecular formula is C21H20ClN3O6. The van der Waals surface area contributed by atoms with Crippen molar-refractivity contribution >= 4 is 40.8 Å². The highest BCUT2D eigenvalue weighted by molar-refractivity contribution is 6.33. The highest BCUT2D eigenvalue weighted by Gasteiger charge is 2.22. The van der Waals surface area contributed by atoms with Gasteiger partial charge in [-0.3, -0.25) is 19.7 Å². The van der Waals surface area contributed by atoms with Gasteiger partial charge in [0, 0.05) is 31.6 Å². The van der Waals surface area contributed by atoms with Crippen molar-refractivity contribution in [1.82, 2.24) is 4.90 Å². The number of non-ortho nitro benzene ring substituents is 1. The summed E-state index contributed by atoms with van der Waals surface area (Å²) >= 11 is 5.97. The van der Waals surface area contributed by atoms with Gasteiger partial charge in [-0.1, -0.05) is 23.7 Å². The van der Waals surface area contributed by atoms with Gasteiger partial charge in [-0.25, -0.2) is 4.79 Å². The predicted octanol–water partition coefficient (Wildman–Crippen LogP) is 3.55. The second-order valence-corrected chi connectivity index (χ2v) is 7.48. The maximum atomic E-state index is 12.3. The molecule has 0 saturated carbocycles. The van der Waals surface area contributed by atoms with Crippen LogP contribution in [0.5, 0.6) is 0 Å². The molecule has 2 aromatic carbocycles. The van der Waals surface area contributed by atoms with E-state index in [-0.39, 0.29) is 27.9 Å². The summed E-state index contributed by atoms with van der Waals surface area (Å²) in [5.41, 5.74) is 0.951. The molecule has 2 amide bonds. The Kier molecular flexibility index (Phi) is 6.86. The summed E-state index contributed by atoms with van der Waals surface area (Å²) in [6, 6.07) is 10.2. The molecular weight excluding hydrogens is 426 g/mol. The second-order valence-electron chi connectivity index (χ2n) is 7.07. The van der Waals surface area contributed by atoms with E-state index in [2.05, 4.69) is 5.32 Å². The van der Waals surface area contributed by atoms with Crippen LogP contribution in [0.15, 0.2) is 42.5 Å². The summed E-state index contributed by atoms with van der Waals surface area (Å²) in [5.74, 6) is -1.26. The highest BCUT2D eigenvalue weighted by atomic mass is 35.5. The minimum absolute atomic E-state index is 0.0459. The van der Waals surface area contributed by atoms with Crippen LogP contribution >= 0.6 is 11.6 Å². The molecule has 0 aliphatic carbocycles. The van der Waals surface area contributed by atoms with Crippen molar-refractivity contribution in [2.75, 3.05) is 11.9 Å². The van der Waals surface area contributed by atoms with E-state index in [0.717, 1.165) is 24.6 Å². The zero-order valence-electron chi connectivity index (χ0n) is 16.7. The summed E-state index contributed by atoms with van der Waals surface area (Å²) in [7, 11) is 0. The number of anilines is 1. The lowest BCUT2D eigenvalue weighted by atomic mass is 10.1. The Hall–Kier alpha value is -3.46. The van der Waals surface area contributed by atoms with Gasteiger partial charge in [-0.05, 0) is 37.1 Å². The number of ether oxygens (including phenoxy) is 1. The van der Waals surface area contributed by atoms with Crippen molar-refractivity contribution < 1.29 is 24.0 Å². The standard InChI is InChI=1S/C21H20ClN3O6/c1-13(20(27)23-18-11-16(25(29)30)8-9-17(18)22)31-21(28)15-6-4-14(5-7-15)12-24-10-2-3-19(24)26/h4-9,11,13H,2-3,10,12H2,1H3,(H,23,27). The van der Waals surface area contributed by atoms with Crippen molar-refractivity contribution in [3.63, 3.8) is 0 Å². The van der Waals surface area contributed by atoms with Gasteiger partial charge in [-0.2, -0.15) is 0 Å². The number of amides is 2. The number of nitro benzene ring substituents is 1. The molecule has 0 aromatic heterocycles. The van der Waals surface area contributed by atoms with Crippen LogP contribution in [0.1, 0.15) is 35.7 Å². The molecule has 0 radical (unpaired) electrons. The van der Waals surface area contributed by atoms with Gasteiger partial charge in [0.05, 0.1) is 21.2 Å². The Bertz CT molecular complexity index is 1020. The molecule has 1 heterocycles. The van der Waals surface area contributed by atoms with E-state index in [1.165, 1.54) is 19.1 Å². The molecule has 3 rings (SSSR count). The average molecular weight is 446 g/mol. The third kappa shape index (κ3) is 5.58. The largest absolute Gasteiger partial charge is 0.449 e. The number of esters is 1. The van der Waals surface area contributed by atoms with E-state index >= 15 is 0 Å². The molecule has 1 unspecified atom stereocenters. The summed E-state index contributed by atoms with van der Waals surface area (Å²) in [4.78, 5) is 48.4. The molecule has 9 nitrogen and oxygen atoms in total. The topological polar surface area (TPSA) is 119 Å². The van der Waals surface area contributed by atoms with Crippen LogP contribution < -0.4 is 5.32 Å². The molecule has 1 atom stereocenters. The first-order valence-electron chi connectivity index (χ1n) is 9.57. The third-order valence-corrected chi connectivity index (χ3v) is 5.14.